The number of rotatable bonds is 78. The van der Waals surface area contributed by atoms with Crippen LogP contribution in [0.5, 0.6) is 0 Å². The van der Waals surface area contributed by atoms with Crippen molar-refractivity contribution in [3.63, 3.8) is 0 Å². The van der Waals surface area contributed by atoms with Gasteiger partial charge < -0.3 is 33.8 Å². The van der Waals surface area contributed by atoms with Crippen LogP contribution in [0.3, 0.4) is 0 Å². The summed E-state index contributed by atoms with van der Waals surface area (Å²) < 4.78 is 68.5. The summed E-state index contributed by atoms with van der Waals surface area (Å²) in [5, 5.41) is 10.6. The predicted molar refractivity (Wildman–Crippen MR) is 400 cm³/mol. The number of aliphatic hydroxyl groups is 1. The molecule has 3 unspecified atom stereocenters. The first-order valence-corrected chi connectivity index (χ1v) is 44.0. The summed E-state index contributed by atoms with van der Waals surface area (Å²) in [7, 11) is -9.91. The summed E-state index contributed by atoms with van der Waals surface area (Å²) >= 11 is 0. The van der Waals surface area contributed by atoms with Gasteiger partial charge in [-0.05, 0) is 37.5 Å². The van der Waals surface area contributed by atoms with Gasteiger partial charge in [-0.2, -0.15) is 0 Å². The summed E-state index contributed by atoms with van der Waals surface area (Å²) in [6.45, 7) is 9.62. The van der Waals surface area contributed by atoms with Gasteiger partial charge in [0.15, 0.2) is 12.2 Å². The zero-order valence-electron chi connectivity index (χ0n) is 64.1. The Morgan fingerprint density at radius 1 is 0.296 bits per heavy atom. The Bertz CT molecular complexity index is 1890. The first-order valence-electron chi connectivity index (χ1n) is 41.0. The van der Waals surface area contributed by atoms with Crippen molar-refractivity contribution in [2.45, 2.75) is 432 Å². The van der Waals surface area contributed by atoms with Crippen LogP contribution in [-0.4, -0.2) is 96.7 Å². The molecule has 19 heteroatoms. The number of hydrogen-bond donors (Lipinski definition) is 3. The molecule has 0 aromatic rings. The fourth-order valence-electron chi connectivity index (χ4n) is 12.2. The number of hydrogen-bond acceptors (Lipinski definition) is 15. The van der Waals surface area contributed by atoms with E-state index in [2.05, 4.69) is 41.5 Å². The van der Waals surface area contributed by atoms with Crippen LogP contribution in [0.1, 0.15) is 414 Å². The third-order valence-corrected chi connectivity index (χ3v) is 20.7. The van der Waals surface area contributed by atoms with E-state index in [0.717, 1.165) is 108 Å². The number of ether oxygens (including phenoxy) is 4. The minimum absolute atomic E-state index is 0.105. The van der Waals surface area contributed by atoms with Gasteiger partial charge in [0.1, 0.15) is 19.3 Å². The predicted octanol–water partition coefficient (Wildman–Crippen LogP) is 23.5. The summed E-state index contributed by atoms with van der Waals surface area (Å²) in [4.78, 5) is 72.8. The van der Waals surface area contributed by atoms with Gasteiger partial charge in [-0.3, -0.25) is 37.3 Å². The average molecular weight is 1440 g/mol. The number of esters is 4. The van der Waals surface area contributed by atoms with Gasteiger partial charge >= 0.3 is 39.5 Å². The van der Waals surface area contributed by atoms with Crippen molar-refractivity contribution in [3.8, 4) is 0 Å². The van der Waals surface area contributed by atoms with Gasteiger partial charge in [0.25, 0.3) is 0 Å². The summed E-state index contributed by atoms with van der Waals surface area (Å²) in [5.41, 5.74) is 0. The molecule has 582 valence electrons. The molecule has 98 heavy (non-hydrogen) atoms. The fourth-order valence-corrected chi connectivity index (χ4v) is 13.7. The van der Waals surface area contributed by atoms with E-state index in [9.17, 15) is 43.2 Å². The largest absolute Gasteiger partial charge is 0.472 e. The first-order chi connectivity index (χ1) is 47.4. The molecule has 0 spiro atoms. The van der Waals surface area contributed by atoms with E-state index in [-0.39, 0.29) is 25.7 Å². The second kappa shape index (κ2) is 70.7. The van der Waals surface area contributed by atoms with Crippen molar-refractivity contribution in [1.82, 2.24) is 0 Å². The topological polar surface area (TPSA) is 237 Å². The molecule has 0 saturated heterocycles. The molecule has 3 N–H and O–H groups in total. The van der Waals surface area contributed by atoms with Crippen LogP contribution >= 0.6 is 15.6 Å². The number of carbonyl (C=O) groups is 4. The van der Waals surface area contributed by atoms with Crippen molar-refractivity contribution in [1.29, 1.82) is 0 Å². The molecule has 0 bridgehead atoms. The summed E-state index contributed by atoms with van der Waals surface area (Å²) in [6.07, 6.45) is 59.8. The van der Waals surface area contributed by atoms with Crippen LogP contribution < -0.4 is 0 Å². The molecule has 0 radical (unpaired) electrons. The highest BCUT2D eigenvalue weighted by molar-refractivity contribution is 7.47. The van der Waals surface area contributed by atoms with Gasteiger partial charge in [-0.15, -0.1) is 0 Å². The molecule has 0 aromatic carbocycles. The zero-order valence-corrected chi connectivity index (χ0v) is 65.9. The lowest BCUT2D eigenvalue weighted by atomic mass is 9.99. The molecule has 0 amide bonds. The number of phosphoric ester groups is 2. The van der Waals surface area contributed by atoms with E-state index in [1.54, 1.807) is 0 Å². The standard InChI is InChI=1S/C79H154O17P2/c1-7-10-12-14-16-18-19-20-21-24-28-31-34-37-44-50-56-62-77(82)90-68-75(95-78(83)63-57-51-45-38-35-32-29-26-23-22-25-27-30-33-36-41-47-53-59-71(4)5)70-94-98(87,88)92-66-73(80)65-91-97(85,86)93-69-74(67-89-76(81)61-55-49-43-17-15-13-11-8-2)96-79(84)64-58-52-46-40-39-42-48-54-60-72(6)9-3/h71-75,80H,7-70H2,1-6H3,(H,85,86)(H,87,88)/t72?,73-,74+,75+/m0/s1. The molecule has 0 aliphatic rings. The van der Waals surface area contributed by atoms with E-state index in [1.165, 1.54) is 225 Å². The van der Waals surface area contributed by atoms with Crippen LogP contribution in [0.25, 0.3) is 0 Å². The minimum Gasteiger partial charge on any atom is -0.462 e. The monoisotopic (exact) mass is 1440 g/mol. The lowest BCUT2D eigenvalue weighted by molar-refractivity contribution is -0.161. The lowest BCUT2D eigenvalue weighted by Crippen LogP contribution is -2.30. The molecule has 0 aliphatic carbocycles. The molecule has 0 saturated carbocycles. The highest BCUT2D eigenvalue weighted by Gasteiger charge is 2.30. The number of phosphoric acid groups is 2. The Morgan fingerprint density at radius 3 is 0.776 bits per heavy atom. The Balaban J connectivity index is 5.19. The van der Waals surface area contributed by atoms with Crippen molar-refractivity contribution in [2.24, 2.45) is 11.8 Å². The molecule has 6 atom stereocenters. The first kappa shape index (κ1) is 96.1. The fraction of sp³-hybridized carbons (Fsp3) is 0.949. The maximum atomic E-state index is 13.1. The average Bonchev–Trinajstić information content (AvgIpc) is 0.976. The minimum atomic E-state index is -4.96. The van der Waals surface area contributed by atoms with E-state index >= 15 is 0 Å². The van der Waals surface area contributed by atoms with Crippen molar-refractivity contribution in [3.05, 3.63) is 0 Å². The van der Waals surface area contributed by atoms with E-state index in [1.807, 2.05) is 0 Å². The van der Waals surface area contributed by atoms with Gasteiger partial charge in [0, 0.05) is 25.7 Å². The Morgan fingerprint density at radius 2 is 0.520 bits per heavy atom. The number of aliphatic hydroxyl groups excluding tert-OH is 1. The maximum absolute atomic E-state index is 13.1. The van der Waals surface area contributed by atoms with Crippen LogP contribution in [0.4, 0.5) is 0 Å². The van der Waals surface area contributed by atoms with E-state index < -0.39 is 97.5 Å². The second-order valence-electron chi connectivity index (χ2n) is 29.2. The third-order valence-electron chi connectivity index (χ3n) is 18.8. The lowest BCUT2D eigenvalue weighted by Gasteiger charge is -2.21. The quantitative estimate of drug-likeness (QED) is 0.0222. The maximum Gasteiger partial charge on any atom is 0.472 e. The SMILES string of the molecule is CCCCCCCCCCCCCCCCCCCC(=O)OC[C@H](COP(=O)(O)OC[C@@H](O)COP(=O)(O)OC[C@@H](COC(=O)CCCCCCCCCC)OC(=O)CCCCCCCCCCC(C)CC)OC(=O)CCCCCCCCCCCCCCCCCCCCC(C)C. The Hall–Kier alpha value is -1.94. The smallest absolute Gasteiger partial charge is 0.462 e. The van der Waals surface area contributed by atoms with Gasteiger partial charge in [0.05, 0.1) is 26.4 Å². The molecule has 0 aliphatic heterocycles. The van der Waals surface area contributed by atoms with E-state index in [0.29, 0.717) is 25.7 Å². The molecular weight excluding hydrogens is 1280 g/mol. The highest BCUT2D eigenvalue weighted by atomic mass is 31.2. The Labute approximate surface area is 600 Å². The summed E-state index contributed by atoms with van der Waals surface area (Å²) in [5.74, 6) is -0.525. The molecule has 0 fully saturated rings. The molecular formula is C79H154O17P2. The van der Waals surface area contributed by atoms with Gasteiger partial charge in [-0.1, -0.05) is 363 Å². The number of carbonyl (C=O) groups excluding carboxylic acids is 4. The Kier molecular flexibility index (Phi) is 69.3. The van der Waals surface area contributed by atoms with Crippen LogP contribution in [-0.2, 0) is 65.4 Å². The van der Waals surface area contributed by atoms with Crippen molar-refractivity contribution < 1.29 is 80.2 Å². The van der Waals surface area contributed by atoms with E-state index in [4.69, 9.17) is 37.0 Å². The molecule has 0 aromatic heterocycles. The molecule has 0 heterocycles. The van der Waals surface area contributed by atoms with Crippen LogP contribution in [0.2, 0.25) is 0 Å². The number of unbranched alkanes of at least 4 members (excludes halogenated alkanes) is 47. The highest BCUT2D eigenvalue weighted by Crippen LogP contribution is 2.45. The second-order valence-corrected chi connectivity index (χ2v) is 32.1. The summed E-state index contributed by atoms with van der Waals surface area (Å²) in [6, 6.07) is 0. The third kappa shape index (κ3) is 71.1. The molecule has 17 nitrogen and oxygen atoms in total. The van der Waals surface area contributed by atoms with Gasteiger partial charge in [-0.25, -0.2) is 9.13 Å². The van der Waals surface area contributed by atoms with Crippen LogP contribution in [0.15, 0.2) is 0 Å². The van der Waals surface area contributed by atoms with Crippen molar-refractivity contribution >= 4 is 39.5 Å². The normalized spacial score (nSPS) is 14.2. The van der Waals surface area contributed by atoms with Crippen LogP contribution in [0, 0.1) is 11.8 Å². The molecule has 0 rings (SSSR count). The van der Waals surface area contributed by atoms with Gasteiger partial charge in [0.2, 0.25) is 0 Å². The zero-order chi connectivity index (χ0) is 72.1. The van der Waals surface area contributed by atoms with Crippen molar-refractivity contribution in [2.75, 3.05) is 39.6 Å².